The topological polar surface area (TPSA) is 66.3 Å². The fraction of sp³-hybridized carbons (Fsp3) is 0.955. The molecule has 0 bridgehead atoms. The van der Waals surface area contributed by atoms with Gasteiger partial charge in [-0.25, -0.2) is 0 Å². The third-order valence-corrected chi connectivity index (χ3v) is 5.71. The van der Waals surface area contributed by atoms with Gasteiger partial charge in [-0.3, -0.25) is 4.99 Å². The Morgan fingerprint density at radius 3 is 2.64 bits per heavy atom. The Balaban J connectivity index is 1.78. The Labute approximate surface area is 172 Å². The van der Waals surface area contributed by atoms with Crippen LogP contribution in [-0.4, -0.2) is 74.2 Å². The number of likely N-dealkylation sites (tertiary alicyclic amines) is 1. The molecule has 2 atom stereocenters. The van der Waals surface area contributed by atoms with E-state index >= 15 is 0 Å². The molecule has 2 saturated heterocycles. The predicted octanol–water partition coefficient (Wildman–Crippen LogP) is 3.05. The highest BCUT2D eigenvalue weighted by Crippen LogP contribution is 2.19. The summed E-state index contributed by atoms with van der Waals surface area (Å²) in [6.07, 6.45) is 8.28. The zero-order valence-corrected chi connectivity index (χ0v) is 18.4. The molecule has 0 aliphatic carbocycles. The summed E-state index contributed by atoms with van der Waals surface area (Å²) in [5, 5.41) is 12.8. The second-order valence-corrected chi connectivity index (χ2v) is 8.71. The molecule has 2 unspecified atom stereocenters. The average molecular weight is 398 g/mol. The molecule has 0 spiro atoms. The lowest BCUT2D eigenvalue weighted by Gasteiger charge is -2.35. The fourth-order valence-electron chi connectivity index (χ4n) is 4.19. The number of aliphatic hydroxyl groups excluding tert-OH is 1. The van der Waals surface area contributed by atoms with E-state index in [1.54, 1.807) is 0 Å². The van der Waals surface area contributed by atoms with E-state index in [2.05, 4.69) is 31.0 Å². The number of nitrogens with zero attached hydrogens (tertiary/aromatic N) is 2. The Morgan fingerprint density at radius 2 is 2.04 bits per heavy atom. The maximum Gasteiger partial charge on any atom is 0.193 e. The first kappa shape index (κ1) is 23.4. The summed E-state index contributed by atoms with van der Waals surface area (Å²) in [6.45, 7) is 12.1. The molecular weight excluding hydrogens is 354 g/mol. The lowest BCUT2D eigenvalue weighted by atomic mass is 9.94. The van der Waals surface area contributed by atoms with Gasteiger partial charge >= 0.3 is 0 Å². The summed E-state index contributed by atoms with van der Waals surface area (Å²) in [6, 6.07) is 0. The second-order valence-electron chi connectivity index (χ2n) is 8.71. The summed E-state index contributed by atoms with van der Waals surface area (Å²) in [7, 11) is 0. The van der Waals surface area contributed by atoms with Crippen LogP contribution in [0.15, 0.2) is 4.99 Å². The van der Waals surface area contributed by atoms with Crippen molar-refractivity contribution < 1.29 is 14.6 Å². The molecule has 2 rings (SSSR count). The van der Waals surface area contributed by atoms with Crippen LogP contribution in [0.4, 0.5) is 0 Å². The predicted molar refractivity (Wildman–Crippen MR) is 115 cm³/mol. The lowest BCUT2D eigenvalue weighted by Crippen LogP contribution is -2.47. The van der Waals surface area contributed by atoms with Crippen LogP contribution in [-0.2, 0) is 9.47 Å². The van der Waals surface area contributed by atoms with E-state index in [4.69, 9.17) is 14.5 Å². The van der Waals surface area contributed by atoms with E-state index in [0.29, 0.717) is 24.0 Å². The largest absolute Gasteiger partial charge is 0.396 e. The van der Waals surface area contributed by atoms with Crippen molar-refractivity contribution in [3.63, 3.8) is 0 Å². The Morgan fingerprint density at radius 1 is 1.25 bits per heavy atom. The van der Waals surface area contributed by atoms with Crippen molar-refractivity contribution in [2.24, 2.45) is 16.8 Å². The molecule has 2 heterocycles. The molecule has 0 aromatic carbocycles. The van der Waals surface area contributed by atoms with Gasteiger partial charge in [0, 0.05) is 39.4 Å². The summed E-state index contributed by atoms with van der Waals surface area (Å²) >= 11 is 0. The van der Waals surface area contributed by atoms with E-state index < -0.39 is 0 Å². The van der Waals surface area contributed by atoms with Crippen LogP contribution in [0, 0.1) is 11.8 Å². The van der Waals surface area contributed by atoms with Crippen LogP contribution >= 0.6 is 0 Å². The molecule has 2 N–H and O–H groups in total. The van der Waals surface area contributed by atoms with Crippen LogP contribution in [0.5, 0.6) is 0 Å². The number of nitrogens with one attached hydrogen (secondary N) is 1. The number of hydrogen-bond acceptors (Lipinski definition) is 4. The number of rotatable bonds is 10. The molecular formula is C22H43N3O3. The maximum absolute atomic E-state index is 9.34. The molecule has 0 saturated carbocycles. The molecule has 2 aliphatic heterocycles. The molecule has 2 fully saturated rings. The molecule has 0 aromatic heterocycles. The number of piperidine rings is 1. The minimum atomic E-state index is 0.247. The number of hydrogen-bond donors (Lipinski definition) is 2. The van der Waals surface area contributed by atoms with Gasteiger partial charge in [0.1, 0.15) is 0 Å². The minimum absolute atomic E-state index is 0.247. The molecule has 28 heavy (non-hydrogen) atoms. The number of ether oxygens (including phenoxy) is 2. The van der Waals surface area contributed by atoms with Gasteiger partial charge in [0.15, 0.2) is 5.96 Å². The van der Waals surface area contributed by atoms with Crippen molar-refractivity contribution >= 4 is 5.96 Å². The van der Waals surface area contributed by atoms with Crippen molar-refractivity contribution in [2.75, 3.05) is 46.0 Å². The summed E-state index contributed by atoms with van der Waals surface area (Å²) < 4.78 is 11.9. The highest BCUT2D eigenvalue weighted by Gasteiger charge is 2.24. The van der Waals surface area contributed by atoms with E-state index in [1.807, 2.05) is 0 Å². The zero-order valence-electron chi connectivity index (χ0n) is 18.4. The normalized spacial score (nSPS) is 23.2. The number of aliphatic hydroxyl groups is 1. The standard InChI is InChI=1S/C22H43N3O3/c1-4-23-22(24-16-19(10-13-26)15-18(2)3)25-11-8-20(9-12-25)28-17-21-7-5-6-14-27-21/h18-21,26H,4-17H2,1-3H3,(H,23,24). The van der Waals surface area contributed by atoms with Gasteiger partial charge in [-0.2, -0.15) is 0 Å². The molecule has 2 aliphatic rings. The summed E-state index contributed by atoms with van der Waals surface area (Å²) in [5.74, 6) is 2.11. The van der Waals surface area contributed by atoms with Crippen molar-refractivity contribution in [1.29, 1.82) is 0 Å². The van der Waals surface area contributed by atoms with Crippen LogP contribution in [0.25, 0.3) is 0 Å². The molecule has 0 aromatic rings. The van der Waals surface area contributed by atoms with Gasteiger partial charge in [-0.15, -0.1) is 0 Å². The van der Waals surface area contributed by atoms with Crippen LogP contribution in [0.2, 0.25) is 0 Å². The molecule has 6 nitrogen and oxygen atoms in total. The molecule has 164 valence electrons. The Bertz CT molecular complexity index is 431. The quantitative estimate of drug-likeness (QED) is 0.438. The van der Waals surface area contributed by atoms with E-state index in [9.17, 15) is 5.11 Å². The van der Waals surface area contributed by atoms with Crippen molar-refractivity contribution in [3.05, 3.63) is 0 Å². The van der Waals surface area contributed by atoms with Crippen molar-refractivity contribution in [3.8, 4) is 0 Å². The fourth-order valence-corrected chi connectivity index (χ4v) is 4.19. The van der Waals surface area contributed by atoms with Gasteiger partial charge < -0.3 is 24.8 Å². The zero-order chi connectivity index (χ0) is 20.2. The third kappa shape index (κ3) is 8.66. The van der Waals surface area contributed by atoms with Crippen LogP contribution in [0.1, 0.15) is 65.7 Å². The van der Waals surface area contributed by atoms with E-state index in [0.717, 1.165) is 77.5 Å². The van der Waals surface area contributed by atoms with Gasteiger partial charge in [-0.1, -0.05) is 13.8 Å². The molecule has 6 heteroatoms. The first-order valence-corrected chi connectivity index (χ1v) is 11.5. The molecule has 0 amide bonds. The number of aliphatic imine (C=N–C) groups is 1. The maximum atomic E-state index is 9.34. The van der Waals surface area contributed by atoms with Crippen LogP contribution < -0.4 is 5.32 Å². The third-order valence-electron chi connectivity index (χ3n) is 5.71. The average Bonchev–Trinajstić information content (AvgIpc) is 2.70. The minimum Gasteiger partial charge on any atom is -0.396 e. The lowest BCUT2D eigenvalue weighted by molar-refractivity contribution is -0.0721. The highest BCUT2D eigenvalue weighted by molar-refractivity contribution is 5.80. The first-order chi connectivity index (χ1) is 13.6. The first-order valence-electron chi connectivity index (χ1n) is 11.5. The van der Waals surface area contributed by atoms with Crippen molar-refractivity contribution in [1.82, 2.24) is 10.2 Å². The number of guanidine groups is 1. The van der Waals surface area contributed by atoms with Gasteiger partial charge in [0.05, 0.1) is 18.8 Å². The SMILES string of the molecule is CCNC(=NCC(CCO)CC(C)C)N1CCC(OCC2CCCCO2)CC1. The Kier molecular flexibility index (Phi) is 11.2. The van der Waals surface area contributed by atoms with E-state index in [1.165, 1.54) is 12.8 Å². The van der Waals surface area contributed by atoms with Gasteiger partial charge in [0.25, 0.3) is 0 Å². The summed E-state index contributed by atoms with van der Waals surface area (Å²) in [5.41, 5.74) is 0. The highest BCUT2D eigenvalue weighted by atomic mass is 16.5. The smallest absolute Gasteiger partial charge is 0.193 e. The molecule has 0 radical (unpaired) electrons. The van der Waals surface area contributed by atoms with Gasteiger partial charge in [-0.05, 0) is 63.7 Å². The monoisotopic (exact) mass is 397 g/mol. The van der Waals surface area contributed by atoms with Gasteiger partial charge in [0.2, 0.25) is 0 Å². The van der Waals surface area contributed by atoms with Crippen LogP contribution in [0.3, 0.4) is 0 Å². The van der Waals surface area contributed by atoms with Crippen molar-refractivity contribution in [2.45, 2.75) is 77.9 Å². The summed E-state index contributed by atoms with van der Waals surface area (Å²) in [4.78, 5) is 7.28. The van der Waals surface area contributed by atoms with E-state index in [-0.39, 0.29) is 6.61 Å². The Hall–Kier alpha value is -0.850. The second kappa shape index (κ2) is 13.4.